The Bertz CT molecular complexity index is 1050. The summed E-state index contributed by atoms with van der Waals surface area (Å²) in [5, 5.41) is 16.0. The number of pyridine rings is 1. The standard InChI is InChI=1S/C26H29F6N3O/c1-16-11-17(2)22(16)15-34-9-8-33-14-19(7-10-36)20-12-23(35-24(13-20)26(30,31)32)18-3-5-21(6-4-18)25(27,28)29/h3-6,12-13,19,22,33-34,36H,1-2,7-11,14-15H2. The van der Waals surface area contributed by atoms with Crippen molar-refractivity contribution >= 4 is 0 Å². The molecule has 1 unspecified atom stereocenters. The molecule has 1 saturated carbocycles. The predicted octanol–water partition coefficient (Wildman–Crippen LogP) is 5.56. The van der Waals surface area contributed by atoms with Gasteiger partial charge in [-0.15, -0.1) is 0 Å². The maximum absolute atomic E-state index is 13.6. The number of nitrogens with one attached hydrogen (secondary N) is 2. The normalized spacial score (nSPS) is 15.8. The van der Waals surface area contributed by atoms with E-state index in [0.29, 0.717) is 25.2 Å². The fourth-order valence-electron chi connectivity index (χ4n) is 4.14. The average Bonchev–Trinajstić information content (AvgIpc) is 2.81. The van der Waals surface area contributed by atoms with E-state index in [2.05, 4.69) is 28.8 Å². The first-order chi connectivity index (χ1) is 16.9. The van der Waals surface area contributed by atoms with Gasteiger partial charge in [0.2, 0.25) is 0 Å². The number of benzene rings is 1. The first-order valence-electron chi connectivity index (χ1n) is 11.5. The van der Waals surface area contributed by atoms with Crippen molar-refractivity contribution < 1.29 is 31.4 Å². The van der Waals surface area contributed by atoms with E-state index in [1.54, 1.807) is 0 Å². The molecule has 1 atom stereocenters. The van der Waals surface area contributed by atoms with Gasteiger partial charge in [0.1, 0.15) is 5.69 Å². The lowest BCUT2D eigenvalue weighted by molar-refractivity contribution is -0.141. The van der Waals surface area contributed by atoms with Gasteiger partial charge in [-0.25, -0.2) is 4.98 Å². The lowest BCUT2D eigenvalue weighted by Gasteiger charge is -2.32. The summed E-state index contributed by atoms with van der Waals surface area (Å²) < 4.78 is 79.4. The van der Waals surface area contributed by atoms with Crippen molar-refractivity contribution in [3.05, 3.63) is 77.5 Å². The zero-order valence-corrected chi connectivity index (χ0v) is 19.6. The molecular formula is C26H29F6N3O. The second-order valence-corrected chi connectivity index (χ2v) is 8.91. The van der Waals surface area contributed by atoms with Gasteiger partial charge in [0.25, 0.3) is 0 Å². The zero-order valence-electron chi connectivity index (χ0n) is 19.6. The molecule has 196 valence electrons. The summed E-state index contributed by atoms with van der Waals surface area (Å²) in [6.07, 6.45) is -8.24. The van der Waals surface area contributed by atoms with Crippen LogP contribution in [0.5, 0.6) is 0 Å². The monoisotopic (exact) mass is 513 g/mol. The predicted molar refractivity (Wildman–Crippen MR) is 126 cm³/mol. The number of hydrogen-bond donors (Lipinski definition) is 3. The van der Waals surface area contributed by atoms with E-state index < -0.39 is 29.5 Å². The Balaban J connectivity index is 1.72. The van der Waals surface area contributed by atoms with E-state index in [0.717, 1.165) is 54.4 Å². The largest absolute Gasteiger partial charge is 0.433 e. The van der Waals surface area contributed by atoms with Crippen molar-refractivity contribution in [3.63, 3.8) is 0 Å². The fourth-order valence-corrected chi connectivity index (χ4v) is 4.14. The molecule has 0 bridgehead atoms. The highest BCUT2D eigenvalue weighted by Gasteiger charge is 2.34. The molecule has 2 aromatic rings. The molecule has 0 spiro atoms. The number of rotatable bonds is 11. The number of hydrogen-bond acceptors (Lipinski definition) is 4. The van der Waals surface area contributed by atoms with Gasteiger partial charge in [0.15, 0.2) is 0 Å². The highest BCUT2D eigenvalue weighted by molar-refractivity contribution is 5.61. The quantitative estimate of drug-likeness (QED) is 0.209. The molecule has 1 aliphatic carbocycles. The third kappa shape index (κ3) is 7.18. The summed E-state index contributed by atoms with van der Waals surface area (Å²) >= 11 is 0. The smallest absolute Gasteiger partial charge is 0.396 e. The van der Waals surface area contributed by atoms with Gasteiger partial charge >= 0.3 is 12.4 Å². The molecule has 0 saturated heterocycles. The summed E-state index contributed by atoms with van der Waals surface area (Å²) in [7, 11) is 0. The molecule has 1 aromatic carbocycles. The van der Waals surface area contributed by atoms with Crippen LogP contribution in [0.25, 0.3) is 11.3 Å². The van der Waals surface area contributed by atoms with E-state index in [-0.39, 0.29) is 30.2 Å². The Hall–Kier alpha value is -2.69. The number of aliphatic hydroxyl groups is 1. The molecule has 1 heterocycles. The van der Waals surface area contributed by atoms with Crippen LogP contribution in [0.15, 0.2) is 60.7 Å². The van der Waals surface area contributed by atoms with Crippen LogP contribution < -0.4 is 10.6 Å². The maximum atomic E-state index is 13.6. The minimum atomic E-state index is -4.74. The van der Waals surface area contributed by atoms with Crippen LogP contribution in [0.4, 0.5) is 26.3 Å². The highest BCUT2D eigenvalue weighted by atomic mass is 19.4. The Morgan fingerprint density at radius 3 is 2.14 bits per heavy atom. The molecule has 0 aliphatic heterocycles. The summed E-state index contributed by atoms with van der Waals surface area (Å²) in [6, 6.07) is 6.19. The van der Waals surface area contributed by atoms with Crippen LogP contribution in [0.2, 0.25) is 0 Å². The number of aliphatic hydroxyl groups excluding tert-OH is 1. The van der Waals surface area contributed by atoms with E-state index in [4.69, 9.17) is 0 Å². The molecular weight excluding hydrogens is 484 g/mol. The minimum absolute atomic E-state index is 0.0842. The van der Waals surface area contributed by atoms with Gasteiger partial charge in [-0.1, -0.05) is 36.4 Å². The van der Waals surface area contributed by atoms with Gasteiger partial charge in [0.05, 0.1) is 11.3 Å². The van der Waals surface area contributed by atoms with Crippen LogP contribution in [-0.4, -0.2) is 42.9 Å². The Labute approximate surface area is 206 Å². The first kappa shape index (κ1) is 27.9. The van der Waals surface area contributed by atoms with E-state index in [9.17, 15) is 31.4 Å². The third-order valence-electron chi connectivity index (χ3n) is 6.25. The number of aromatic nitrogens is 1. The molecule has 0 amide bonds. The second kappa shape index (κ2) is 11.6. The summed E-state index contributed by atoms with van der Waals surface area (Å²) in [5.74, 6) is -0.188. The van der Waals surface area contributed by atoms with Crippen LogP contribution in [0.1, 0.15) is 35.6 Å². The molecule has 3 N–H and O–H groups in total. The van der Waals surface area contributed by atoms with Gasteiger partial charge in [-0.05, 0) is 48.6 Å². The Morgan fingerprint density at radius 1 is 0.944 bits per heavy atom. The molecule has 1 aliphatic rings. The van der Waals surface area contributed by atoms with Crippen molar-refractivity contribution in [1.82, 2.24) is 15.6 Å². The molecule has 36 heavy (non-hydrogen) atoms. The Kier molecular flexibility index (Phi) is 8.97. The topological polar surface area (TPSA) is 57.2 Å². The van der Waals surface area contributed by atoms with Crippen molar-refractivity contribution in [2.45, 2.75) is 31.1 Å². The van der Waals surface area contributed by atoms with Crippen molar-refractivity contribution in [1.29, 1.82) is 0 Å². The molecule has 4 nitrogen and oxygen atoms in total. The number of halogens is 6. The van der Waals surface area contributed by atoms with Crippen molar-refractivity contribution in [2.75, 3.05) is 32.8 Å². The van der Waals surface area contributed by atoms with Gasteiger partial charge in [-0.3, -0.25) is 0 Å². The van der Waals surface area contributed by atoms with Gasteiger partial charge < -0.3 is 15.7 Å². The molecule has 1 fully saturated rings. The van der Waals surface area contributed by atoms with Crippen LogP contribution in [0, 0.1) is 5.92 Å². The van der Waals surface area contributed by atoms with Crippen LogP contribution >= 0.6 is 0 Å². The SMILES string of the molecule is C=C1CC(=C)C1CNCCNCC(CCO)c1cc(-c2ccc(C(F)(F)F)cc2)nc(C(F)(F)F)c1. The number of alkyl halides is 6. The van der Waals surface area contributed by atoms with E-state index >= 15 is 0 Å². The van der Waals surface area contributed by atoms with E-state index in [1.165, 1.54) is 6.07 Å². The average molecular weight is 514 g/mol. The second-order valence-electron chi connectivity index (χ2n) is 8.91. The maximum Gasteiger partial charge on any atom is 0.433 e. The first-order valence-corrected chi connectivity index (χ1v) is 11.5. The summed E-state index contributed by atoms with van der Waals surface area (Å²) in [6.45, 7) is 9.93. The molecule has 1 aromatic heterocycles. The highest BCUT2D eigenvalue weighted by Crippen LogP contribution is 2.36. The van der Waals surface area contributed by atoms with Crippen LogP contribution in [-0.2, 0) is 12.4 Å². The van der Waals surface area contributed by atoms with Crippen molar-refractivity contribution in [3.8, 4) is 11.3 Å². The lowest BCUT2D eigenvalue weighted by atomic mass is 9.76. The molecule has 3 rings (SSSR count). The van der Waals surface area contributed by atoms with E-state index in [1.807, 2.05) is 0 Å². The van der Waals surface area contributed by atoms with Crippen LogP contribution in [0.3, 0.4) is 0 Å². The minimum Gasteiger partial charge on any atom is -0.396 e. The van der Waals surface area contributed by atoms with Gasteiger partial charge in [0, 0.05) is 44.3 Å². The van der Waals surface area contributed by atoms with Gasteiger partial charge in [-0.2, -0.15) is 26.3 Å². The molecule has 10 heteroatoms. The fraction of sp³-hybridized carbons (Fsp3) is 0.423. The third-order valence-corrected chi connectivity index (χ3v) is 6.25. The zero-order chi connectivity index (χ0) is 26.5. The Morgan fingerprint density at radius 2 is 1.58 bits per heavy atom. The number of nitrogens with zero attached hydrogens (tertiary/aromatic N) is 1. The lowest BCUT2D eigenvalue weighted by Crippen LogP contribution is -2.36. The molecule has 0 radical (unpaired) electrons. The summed E-state index contributed by atoms with van der Waals surface area (Å²) in [4.78, 5) is 3.66. The van der Waals surface area contributed by atoms with Crippen molar-refractivity contribution in [2.24, 2.45) is 5.92 Å². The summed E-state index contributed by atoms with van der Waals surface area (Å²) in [5.41, 5.74) is 0.592.